The summed E-state index contributed by atoms with van der Waals surface area (Å²) in [5.74, 6) is 0. The molecule has 1 atom stereocenters. The summed E-state index contributed by atoms with van der Waals surface area (Å²) in [6.07, 6.45) is -5.67. The van der Waals surface area contributed by atoms with Gasteiger partial charge in [0, 0.05) is 6.04 Å². The highest BCUT2D eigenvalue weighted by Crippen LogP contribution is 2.24. The lowest BCUT2D eigenvalue weighted by Gasteiger charge is -2.15. The van der Waals surface area contributed by atoms with Gasteiger partial charge in [-0.25, -0.2) is 13.1 Å². The van der Waals surface area contributed by atoms with E-state index in [1.54, 1.807) is 0 Å². The van der Waals surface area contributed by atoms with Crippen LogP contribution in [0, 0.1) is 0 Å². The van der Waals surface area contributed by atoms with E-state index in [1.807, 2.05) is 4.72 Å². The van der Waals surface area contributed by atoms with Crippen molar-refractivity contribution in [3.05, 3.63) is 17.0 Å². The summed E-state index contributed by atoms with van der Waals surface area (Å²) in [7, 11) is -3.99. The lowest BCUT2D eigenvalue weighted by Crippen LogP contribution is -2.35. The van der Waals surface area contributed by atoms with E-state index in [4.69, 9.17) is 5.73 Å². The standard InChI is InChI=1S/C9H11F3N2O2S3/c1-5(4-9(10,11)12)14-19(15,16)7-3-2-6(18-7)8(13)17/h2-3,5,14H,4H2,1H3,(H2,13,17). The van der Waals surface area contributed by atoms with Gasteiger partial charge in [0.15, 0.2) is 0 Å². The summed E-state index contributed by atoms with van der Waals surface area (Å²) >= 11 is 5.49. The minimum absolute atomic E-state index is 0.0368. The zero-order chi connectivity index (χ0) is 14.8. The summed E-state index contributed by atoms with van der Waals surface area (Å²) in [4.78, 5) is 0.425. The van der Waals surface area contributed by atoms with Crippen molar-refractivity contribution in [3.63, 3.8) is 0 Å². The minimum atomic E-state index is -4.43. The van der Waals surface area contributed by atoms with Gasteiger partial charge in [-0.05, 0) is 19.1 Å². The molecule has 1 heterocycles. The Labute approximate surface area is 117 Å². The summed E-state index contributed by atoms with van der Waals surface area (Å²) in [5, 5.41) is 0. The molecule has 0 aromatic carbocycles. The fourth-order valence-electron chi connectivity index (χ4n) is 1.31. The normalized spacial score (nSPS) is 14.3. The molecule has 0 saturated carbocycles. The van der Waals surface area contributed by atoms with E-state index in [1.165, 1.54) is 12.1 Å². The molecule has 0 aliphatic heterocycles. The predicted molar refractivity (Wildman–Crippen MR) is 70.7 cm³/mol. The van der Waals surface area contributed by atoms with Crippen molar-refractivity contribution in [2.75, 3.05) is 0 Å². The number of hydrogen-bond acceptors (Lipinski definition) is 4. The molecule has 19 heavy (non-hydrogen) atoms. The molecule has 4 nitrogen and oxygen atoms in total. The number of alkyl halides is 3. The molecule has 108 valence electrons. The fraction of sp³-hybridized carbons (Fsp3) is 0.444. The molecule has 0 fully saturated rings. The number of hydrogen-bond donors (Lipinski definition) is 2. The van der Waals surface area contributed by atoms with Gasteiger partial charge in [-0.3, -0.25) is 0 Å². The number of rotatable bonds is 5. The van der Waals surface area contributed by atoms with Crippen LogP contribution in [0.3, 0.4) is 0 Å². The fourth-order valence-corrected chi connectivity index (χ4v) is 3.92. The van der Waals surface area contributed by atoms with E-state index in [9.17, 15) is 21.6 Å². The van der Waals surface area contributed by atoms with Gasteiger partial charge >= 0.3 is 6.18 Å². The van der Waals surface area contributed by atoms with Crippen molar-refractivity contribution >= 4 is 38.6 Å². The summed E-state index contributed by atoms with van der Waals surface area (Å²) in [6, 6.07) is 1.41. The van der Waals surface area contributed by atoms with Crippen molar-refractivity contribution in [1.29, 1.82) is 0 Å². The van der Waals surface area contributed by atoms with E-state index in [-0.39, 0.29) is 9.20 Å². The second-order valence-electron chi connectivity index (χ2n) is 3.82. The van der Waals surface area contributed by atoms with Crippen LogP contribution in [0.15, 0.2) is 16.3 Å². The van der Waals surface area contributed by atoms with Crippen LogP contribution in [0.2, 0.25) is 0 Å². The number of nitrogens with one attached hydrogen (secondary N) is 1. The monoisotopic (exact) mass is 332 g/mol. The van der Waals surface area contributed by atoms with Crippen LogP contribution in [0.4, 0.5) is 13.2 Å². The molecule has 0 saturated heterocycles. The first kappa shape index (κ1) is 16.3. The van der Waals surface area contributed by atoms with Gasteiger partial charge in [-0.1, -0.05) is 12.2 Å². The Kier molecular flexibility index (Phi) is 4.93. The van der Waals surface area contributed by atoms with Gasteiger partial charge in [0.25, 0.3) is 0 Å². The average molecular weight is 332 g/mol. The molecule has 0 spiro atoms. The molecule has 0 aliphatic carbocycles. The third-order valence-electron chi connectivity index (χ3n) is 1.98. The first-order valence-corrected chi connectivity index (χ1v) is 7.71. The molecular formula is C9H11F3N2O2S3. The smallest absolute Gasteiger partial charge is 0.389 e. The maximum Gasteiger partial charge on any atom is 0.390 e. The quantitative estimate of drug-likeness (QED) is 0.809. The Bertz CT molecular complexity index is 566. The molecule has 1 rings (SSSR count). The molecule has 0 amide bonds. The first-order chi connectivity index (χ1) is 8.51. The Balaban J connectivity index is 2.83. The van der Waals surface area contributed by atoms with E-state index in [0.29, 0.717) is 4.88 Å². The Hall–Kier alpha value is -0.710. The minimum Gasteiger partial charge on any atom is -0.389 e. The summed E-state index contributed by atoms with van der Waals surface area (Å²) < 4.78 is 61.8. The van der Waals surface area contributed by atoms with Gasteiger partial charge < -0.3 is 5.73 Å². The molecule has 0 bridgehead atoms. The molecule has 3 N–H and O–H groups in total. The maximum absolute atomic E-state index is 12.1. The zero-order valence-corrected chi connectivity index (χ0v) is 12.1. The number of halogens is 3. The zero-order valence-electron chi connectivity index (χ0n) is 9.69. The third kappa shape index (κ3) is 5.05. The second-order valence-corrected chi connectivity index (χ2v) is 7.29. The van der Waals surface area contributed by atoms with E-state index >= 15 is 0 Å². The lowest BCUT2D eigenvalue weighted by atomic mass is 10.2. The number of thiophene rings is 1. The second kappa shape index (κ2) is 5.73. The van der Waals surface area contributed by atoms with E-state index in [0.717, 1.165) is 18.3 Å². The van der Waals surface area contributed by atoms with E-state index in [2.05, 4.69) is 12.2 Å². The Morgan fingerprint density at radius 3 is 2.53 bits per heavy atom. The van der Waals surface area contributed by atoms with Crippen molar-refractivity contribution in [2.24, 2.45) is 5.73 Å². The molecule has 10 heteroatoms. The first-order valence-electron chi connectivity index (χ1n) is 5.00. The molecule has 1 aromatic rings. The topological polar surface area (TPSA) is 72.2 Å². The lowest BCUT2D eigenvalue weighted by molar-refractivity contribution is -0.137. The van der Waals surface area contributed by atoms with Gasteiger partial charge in [0.2, 0.25) is 10.0 Å². The Morgan fingerprint density at radius 2 is 2.11 bits per heavy atom. The van der Waals surface area contributed by atoms with Crippen LogP contribution in [0.25, 0.3) is 0 Å². The van der Waals surface area contributed by atoms with Crippen molar-refractivity contribution in [1.82, 2.24) is 4.72 Å². The summed E-state index contributed by atoms with van der Waals surface area (Å²) in [6.45, 7) is 1.15. The van der Waals surface area contributed by atoms with Gasteiger partial charge in [-0.2, -0.15) is 13.2 Å². The average Bonchev–Trinajstić information content (AvgIpc) is 2.61. The highest BCUT2D eigenvalue weighted by atomic mass is 32.2. The van der Waals surface area contributed by atoms with Crippen LogP contribution in [-0.2, 0) is 10.0 Å². The third-order valence-corrected chi connectivity index (χ3v) is 5.53. The van der Waals surface area contributed by atoms with Crippen LogP contribution in [0.1, 0.15) is 18.2 Å². The number of sulfonamides is 1. The van der Waals surface area contributed by atoms with Gasteiger partial charge in [0.05, 0.1) is 11.3 Å². The van der Waals surface area contributed by atoms with Crippen LogP contribution < -0.4 is 10.5 Å². The largest absolute Gasteiger partial charge is 0.390 e. The molecule has 0 radical (unpaired) electrons. The van der Waals surface area contributed by atoms with Gasteiger partial charge in [-0.15, -0.1) is 11.3 Å². The predicted octanol–water partition coefficient (Wildman–Crippen LogP) is 2.00. The van der Waals surface area contributed by atoms with Crippen LogP contribution in [0.5, 0.6) is 0 Å². The van der Waals surface area contributed by atoms with Gasteiger partial charge in [0.1, 0.15) is 9.20 Å². The Morgan fingerprint density at radius 1 is 1.53 bits per heavy atom. The maximum atomic E-state index is 12.1. The van der Waals surface area contributed by atoms with Crippen molar-refractivity contribution < 1.29 is 21.6 Å². The number of thiocarbonyl (C=S) groups is 1. The highest BCUT2D eigenvalue weighted by molar-refractivity contribution is 7.91. The molecule has 1 aromatic heterocycles. The molecule has 1 unspecified atom stereocenters. The highest BCUT2D eigenvalue weighted by Gasteiger charge is 2.32. The van der Waals surface area contributed by atoms with Crippen LogP contribution in [-0.4, -0.2) is 25.6 Å². The molecule has 0 aliphatic rings. The van der Waals surface area contributed by atoms with E-state index < -0.39 is 28.7 Å². The number of nitrogens with two attached hydrogens (primary N) is 1. The van der Waals surface area contributed by atoms with Crippen LogP contribution >= 0.6 is 23.6 Å². The SMILES string of the molecule is CC(CC(F)(F)F)NS(=O)(=O)c1ccc(C(N)=S)s1. The molecular weight excluding hydrogens is 321 g/mol. The van der Waals surface area contributed by atoms with Crippen molar-refractivity contribution in [3.8, 4) is 0 Å². The summed E-state index contributed by atoms with van der Waals surface area (Å²) in [5.41, 5.74) is 5.33. The van der Waals surface area contributed by atoms with Crippen molar-refractivity contribution in [2.45, 2.75) is 29.8 Å².